The van der Waals surface area contributed by atoms with Gasteiger partial charge in [-0.05, 0) is 24.1 Å². The highest BCUT2D eigenvalue weighted by atomic mass is 35.5. The van der Waals surface area contributed by atoms with Crippen LogP contribution in [0.2, 0.25) is 5.02 Å². The predicted octanol–water partition coefficient (Wildman–Crippen LogP) is 1.84. The summed E-state index contributed by atoms with van der Waals surface area (Å²) in [6, 6.07) is 7.74. The van der Waals surface area contributed by atoms with Gasteiger partial charge in [0.15, 0.2) is 5.96 Å². The molecule has 0 radical (unpaired) electrons. The van der Waals surface area contributed by atoms with Crippen molar-refractivity contribution in [3.8, 4) is 0 Å². The van der Waals surface area contributed by atoms with E-state index in [-0.39, 0.29) is 12.5 Å². The van der Waals surface area contributed by atoms with Crippen molar-refractivity contribution in [1.82, 2.24) is 15.1 Å². The molecule has 1 aliphatic rings. The number of halogens is 1. The second kappa shape index (κ2) is 9.63. The normalized spacial score (nSPS) is 17.4. The summed E-state index contributed by atoms with van der Waals surface area (Å²) < 4.78 is 5.42. The lowest BCUT2D eigenvalue weighted by Gasteiger charge is -2.24. The molecule has 1 N–H and O–H groups in total. The summed E-state index contributed by atoms with van der Waals surface area (Å²) in [4.78, 5) is 19.9. The van der Waals surface area contributed by atoms with Crippen LogP contribution < -0.4 is 5.32 Å². The maximum Gasteiger partial charge on any atom is 0.243 e. The molecule has 0 spiro atoms. The third-order valence-electron chi connectivity index (χ3n) is 4.13. The Hall–Kier alpha value is -1.79. The summed E-state index contributed by atoms with van der Waals surface area (Å²) in [5.74, 6) is 1.18. The minimum Gasteiger partial charge on any atom is -0.381 e. The fourth-order valence-electron chi connectivity index (χ4n) is 2.51. The van der Waals surface area contributed by atoms with E-state index >= 15 is 0 Å². The monoisotopic (exact) mass is 366 g/mol. The van der Waals surface area contributed by atoms with Gasteiger partial charge in [-0.15, -0.1) is 0 Å². The lowest BCUT2D eigenvalue weighted by molar-refractivity contribution is -0.127. The largest absolute Gasteiger partial charge is 0.381 e. The zero-order valence-electron chi connectivity index (χ0n) is 15.2. The van der Waals surface area contributed by atoms with Crippen molar-refractivity contribution in [3.05, 3.63) is 34.9 Å². The number of benzene rings is 1. The van der Waals surface area contributed by atoms with Crippen LogP contribution in [0.1, 0.15) is 12.0 Å². The number of nitrogens with zero attached hydrogens (tertiary/aromatic N) is 3. The standard InChI is InChI=1S/C18H27ClN4O2/c1-22(2)17(24)11-21-18(20-10-15-8-9-25-13-15)23(3)12-14-4-6-16(19)7-5-14/h4-7,15H,8-13H2,1-3H3,(H,20,21). The van der Waals surface area contributed by atoms with Crippen LogP contribution >= 0.6 is 11.6 Å². The molecule has 1 fully saturated rings. The van der Waals surface area contributed by atoms with Crippen LogP contribution in [-0.2, 0) is 16.1 Å². The quantitative estimate of drug-likeness (QED) is 0.616. The van der Waals surface area contributed by atoms with Gasteiger partial charge in [-0.1, -0.05) is 23.7 Å². The van der Waals surface area contributed by atoms with E-state index in [0.717, 1.165) is 42.7 Å². The Kier molecular flexibility index (Phi) is 7.52. The number of ether oxygens (including phenoxy) is 1. The van der Waals surface area contributed by atoms with Gasteiger partial charge in [-0.3, -0.25) is 4.79 Å². The average Bonchev–Trinajstić information content (AvgIpc) is 3.10. The van der Waals surface area contributed by atoms with Crippen LogP contribution in [0.15, 0.2) is 29.3 Å². The second-order valence-electron chi connectivity index (χ2n) is 6.52. The molecule has 0 aliphatic carbocycles. The van der Waals surface area contributed by atoms with E-state index in [1.54, 1.807) is 19.0 Å². The van der Waals surface area contributed by atoms with Gasteiger partial charge in [-0.25, -0.2) is 4.99 Å². The number of rotatable bonds is 6. The van der Waals surface area contributed by atoms with Crippen molar-refractivity contribution < 1.29 is 9.53 Å². The van der Waals surface area contributed by atoms with Crippen molar-refractivity contribution in [2.45, 2.75) is 13.0 Å². The molecule has 0 bridgehead atoms. The summed E-state index contributed by atoms with van der Waals surface area (Å²) in [7, 11) is 5.43. The number of guanidine groups is 1. The van der Waals surface area contributed by atoms with Gasteiger partial charge in [0.25, 0.3) is 0 Å². The van der Waals surface area contributed by atoms with Crippen LogP contribution in [0.25, 0.3) is 0 Å². The SMILES string of the molecule is CN(C)C(=O)CN=C(NCC1CCOC1)N(C)Cc1ccc(Cl)cc1. The molecule has 138 valence electrons. The summed E-state index contributed by atoms with van der Waals surface area (Å²) in [5, 5.41) is 4.11. The first-order valence-corrected chi connectivity index (χ1v) is 8.85. The maximum absolute atomic E-state index is 11.9. The molecule has 1 unspecified atom stereocenters. The number of carbonyl (C=O) groups excluding carboxylic acids is 1. The molecular formula is C18H27ClN4O2. The number of nitrogens with one attached hydrogen (secondary N) is 1. The van der Waals surface area contributed by atoms with Gasteiger partial charge in [-0.2, -0.15) is 0 Å². The molecule has 1 saturated heterocycles. The highest BCUT2D eigenvalue weighted by Gasteiger charge is 2.17. The topological polar surface area (TPSA) is 57.2 Å². The van der Waals surface area contributed by atoms with Gasteiger partial charge >= 0.3 is 0 Å². The molecule has 1 aromatic rings. The smallest absolute Gasteiger partial charge is 0.243 e. The number of amides is 1. The number of likely N-dealkylation sites (N-methyl/N-ethyl adjacent to an activating group) is 1. The molecule has 2 rings (SSSR count). The van der Waals surface area contributed by atoms with E-state index in [4.69, 9.17) is 16.3 Å². The predicted molar refractivity (Wildman–Crippen MR) is 101 cm³/mol. The van der Waals surface area contributed by atoms with Gasteiger partial charge in [0.1, 0.15) is 6.54 Å². The highest BCUT2D eigenvalue weighted by Crippen LogP contribution is 2.12. The zero-order valence-corrected chi connectivity index (χ0v) is 15.9. The van der Waals surface area contributed by atoms with E-state index in [1.165, 1.54) is 0 Å². The van der Waals surface area contributed by atoms with Crippen LogP contribution in [0.5, 0.6) is 0 Å². The third-order valence-corrected chi connectivity index (χ3v) is 4.38. The number of hydrogen-bond donors (Lipinski definition) is 1. The van der Waals surface area contributed by atoms with Crippen molar-refractivity contribution in [2.75, 3.05) is 47.4 Å². The fourth-order valence-corrected chi connectivity index (χ4v) is 2.64. The molecule has 1 heterocycles. The summed E-state index contributed by atoms with van der Waals surface area (Å²) >= 11 is 5.94. The molecule has 6 nitrogen and oxygen atoms in total. The Bertz CT molecular complexity index is 583. The third kappa shape index (κ3) is 6.55. The molecule has 0 saturated carbocycles. The second-order valence-corrected chi connectivity index (χ2v) is 6.96. The number of carbonyl (C=O) groups is 1. The minimum absolute atomic E-state index is 0.0246. The van der Waals surface area contributed by atoms with E-state index < -0.39 is 0 Å². The summed E-state index contributed by atoms with van der Waals surface area (Å²) in [6.07, 6.45) is 1.05. The number of hydrogen-bond acceptors (Lipinski definition) is 3. The van der Waals surface area contributed by atoms with Gasteiger partial charge in [0.05, 0.1) is 6.61 Å². The number of aliphatic imine (C=N–C) groups is 1. The molecule has 25 heavy (non-hydrogen) atoms. The van der Waals surface area contributed by atoms with Crippen LogP contribution in [-0.4, -0.2) is 69.1 Å². The molecule has 1 aromatic carbocycles. The Morgan fingerprint density at radius 1 is 1.32 bits per heavy atom. The van der Waals surface area contributed by atoms with Crippen LogP contribution in [0.3, 0.4) is 0 Å². The molecule has 1 atom stereocenters. The van der Waals surface area contributed by atoms with E-state index in [0.29, 0.717) is 12.5 Å². The Labute approximate surface area is 154 Å². The van der Waals surface area contributed by atoms with Crippen molar-refractivity contribution in [3.63, 3.8) is 0 Å². The Morgan fingerprint density at radius 3 is 2.64 bits per heavy atom. The average molecular weight is 367 g/mol. The van der Waals surface area contributed by atoms with Crippen molar-refractivity contribution >= 4 is 23.5 Å². The van der Waals surface area contributed by atoms with Crippen LogP contribution in [0.4, 0.5) is 0 Å². The molecule has 0 aromatic heterocycles. The fraction of sp³-hybridized carbons (Fsp3) is 0.556. The molecule has 7 heteroatoms. The first-order valence-electron chi connectivity index (χ1n) is 8.47. The lowest BCUT2D eigenvalue weighted by atomic mass is 10.1. The molecular weight excluding hydrogens is 340 g/mol. The van der Waals surface area contributed by atoms with E-state index in [1.807, 2.05) is 36.2 Å². The highest BCUT2D eigenvalue weighted by molar-refractivity contribution is 6.30. The van der Waals surface area contributed by atoms with Crippen molar-refractivity contribution in [2.24, 2.45) is 10.9 Å². The first kappa shape index (κ1) is 19.5. The maximum atomic E-state index is 11.9. The van der Waals surface area contributed by atoms with Crippen LogP contribution in [0, 0.1) is 5.92 Å². The molecule has 1 aliphatic heterocycles. The Morgan fingerprint density at radius 2 is 2.04 bits per heavy atom. The summed E-state index contributed by atoms with van der Waals surface area (Å²) in [6.45, 7) is 3.19. The van der Waals surface area contributed by atoms with Gasteiger partial charge < -0.3 is 19.9 Å². The molecule has 1 amide bonds. The summed E-state index contributed by atoms with van der Waals surface area (Å²) in [5.41, 5.74) is 1.13. The van der Waals surface area contributed by atoms with Crippen molar-refractivity contribution in [1.29, 1.82) is 0 Å². The minimum atomic E-state index is -0.0246. The zero-order chi connectivity index (χ0) is 18.2. The van der Waals surface area contributed by atoms with Gasteiger partial charge in [0.2, 0.25) is 5.91 Å². The Balaban J connectivity index is 2.00. The van der Waals surface area contributed by atoms with E-state index in [9.17, 15) is 4.79 Å². The van der Waals surface area contributed by atoms with Gasteiger partial charge in [0, 0.05) is 51.8 Å². The lowest BCUT2D eigenvalue weighted by Crippen LogP contribution is -2.41. The first-order chi connectivity index (χ1) is 12.0. The van der Waals surface area contributed by atoms with E-state index in [2.05, 4.69) is 10.3 Å².